The first kappa shape index (κ1) is 8.87. The standard InChI is InChI=1S/CH2O3.N/c2-1(3)4;/h(H2,2,3,4);. The van der Waals surface area contributed by atoms with Crippen LogP contribution in [0.4, 0.5) is 4.79 Å². The van der Waals surface area contributed by atoms with Crippen LogP contribution in [0.15, 0.2) is 0 Å². The highest BCUT2D eigenvalue weighted by Gasteiger charge is 1.70. The fourth-order valence-corrected chi connectivity index (χ4v) is 0. The van der Waals surface area contributed by atoms with E-state index in [0.717, 1.165) is 0 Å². The summed E-state index contributed by atoms with van der Waals surface area (Å²) >= 11 is 0. The van der Waals surface area contributed by atoms with Crippen molar-refractivity contribution in [2.75, 3.05) is 0 Å². The van der Waals surface area contributed by atoms with Crippen molar-refractivity contribution in [3.63, 3.8) is 0 Å². The fraction of sp³-hybridized carbons (Fsp3) is 0. The molecule has 0 aliphatic rings. The Morgan fingerprint density at radius 2 is 1.40 bits per heavy atom. The Kier molecular flexibility index (Phi) is 5.73. The zero-order chi connectivity index (χ0) is 3.58. The summed E-state index contributed by atoms with van der Waals surface area (Å²) in [6, 6.07) is 0. The van der Waals surface area contributed by atoms with Crippen molar-refractivity contribution < 1.29 is 15.0 Å². The van der Waals surface area contributed by atoms with E-state index in [0.29, 0.717) is 0 Å². The molecule has 0 fully saturated rings. The molecular formula is CH2NO3. The Labute approximate surface area is 28.6 Å². The van der Waals surface area contributed by atoms with Crippen molar-refractivity contribution in [1.82, 2.24) is 6.15 Å². The Balaban J connectivity index is 0. The molecule has 0 saturated heterocycles. The highest BCUT2D eigenvalue weighted by molar-refractivity contribution is 5.53. The van der Waals surface area contributed by atoms with Gasteiger partial charge in [-0.25, -0.2) is 4.79 Å². The zero-order valence-electron chi connectivity index (χ0n) is 2.25. The molecule has 0 heterocycles. The number of hydrogen-bond acceptors (Lipinski definition) is 1. The second-order valence-electron chi connectivity index (χ2n) is 0.283. The minimum atomic E-state index is -1.83. The molecule has 0 bridgehead atoms. The van der Waals surface area contributed by atoms with Crippen LogP contribution < -0.4 is 6.15 Å². The molecule has 0 aliphatic heterocycles. The fourth-order valence-electron chi connectivity index (χ4n) is 0. The van der Waals surface area contributed by atoms with Gasteiger partial charge in [0.25, 0.3) is 0 Å². The second-order valence-corrected chi connectivity index (χ2v) is 0.283. The molecule has 29 valence electrons. The van der Waals surface area contributed by atoms with Crippen molar-refractivity contribution in [2.24, 2.45) is 0 Å². The first-order valence-corrected chi connectivity index (χ1v) is 0.651. The summed E-state index contributed by atoms with van der Waals surface area (Å²) in [6.45, 7) is 0. The molecular weight excluding hydrogens is 74.0 g/mol. The van der Waals surface area contributed by atoms with Gasteiger partial charge in [0.15, 0.2) is 0 Å². The van der Waals surface area contributed by atoms with Gasteiger partial charge in [-0.2, -0.15) is 0 Å². The lowest BCUT2D eigenvalue weighted by atomic mass is 11.5. The van der Waals surface area contributed by atoms with Crippen LogP contribution in [-0.4, -0.2) is 16.4 Å². The SMILES string of the molecule is O=C(O)O.[N]. The van der Waals surface area contributed by atoms with Crippen molar-refractivity contribution in [2.45, 2.75) is 0 Å². The Bertz CT molecular complexity index is 29.9. The van der Waals surface area contributed by atoms with E-state index in [1.54, 1.807) is 0 Å². The summed E-state index contributed by atoms with van der Waals surface area (Å²) in [4.78, 5) is 8.56. The first-order valence-electron chi connectivity index (χ1n) is 0.651. The van der Waals surface area contributed by atoms with Gasteiger partial charge in [-0.15, -0.1) is 0 Å². The molecule has 0 atom stereocenters. The summed E-state index contributed by atoms with van der Waals surface area (Å²) in [5.41, 5.74) is 0. The molecule has 0 aromatic carbocycles. The minimum absolute atomic E-state index is 0. The van der Waals surface area contributed by atoms with Gasteiger partial charge in [-0.1, -0.05) is 0 Å². The lowest BCUT2D eigenvalue weighted by molar-refractivity contribution is 0.137. The molecule has 4 nitrogen and oxygen atoms in total. The van der Waals surface area contributed by atoms with Crippen LogP contribution in [0.25, 0.3) is 0 Å². The maximum Gasteiger partial charge on any atom is 0.503 e. The van der Waals surface area contributed by atoms with E-state index >= 15 is 0 Å². The molecule has 2 N–H and O–H groups in total. The number of carboxylic acid groups (broad SMARTS) is 2. The van der Waals surface area contributed by atoms with E-state index in [1.807, 2.05) is 0 Å². The molecule has 0 rings (SSSR count). The quantitative estimate of drug-likeness (QED) is 0.416. The summed E-state index contributed by atoms with van der Waals surface area (Å²) < 4.78 is 0. The van der Waals surface area contributed by atoms with E-state index in [9.17, 15) is 0 Å². The molecule has 4 heteroatoms. The van der Waals surface area contributed by atoms with Crippen LogP contribution in [0.3, 0.4) is 0 Å². The van der Waals surface area contributed by atoms with Gasteiger partial charge in [-0.3, -0.25) is 0 Å². The topological polar surface area (TPSA) is 88.0 Å². The number of rotatable bonds is 0. The predicted octanol–water partition coefficient (Wildman–Crippen LogP) is -0.258. The van der Waals surface area contributed by atoms with Crippen molar-refractivity contribution in [1.29, 1.82) is 0 Å². The van der Waals surface area contributed by atoms with Crippen molar-refractivity contribution in [3.05, 3.63) is 0 Å². The summed E-state index contributed by atoms with van der Waals surface area (Å²) in [5, 5.41) is 13.9. The highest BCUT2D eigenvalue weighted by Crippen LogP contribution is 1.42. The van der Waals surface area contributed by atoms with Crippen molar-refractivity contribution >= 4 is 6.16 Å². The van der Waals surface area contributed by atoms with Crippen LogP contribution in [0.1, 0.15) is 0 Å². The second kappa shape index (κ2) is 3.23. The predicted molar refractivity (Wildman–Crippen MR) is 12.8 cm³/mol. The van der Waals surface area contributed by atoms with Crippen molar-refractivity contribution in [3.8, 4) is 0 Å². The molecule has 5 heavy (non-hydrogen) atoms. The van der Waals surface area contributed by atoms with Gasteiger partial charge in [0.05, 0.1) is 0 Å². The first-order chi connectivity index (χ1) is 1.73. The Hall–Kier alpha value is -0.770. The largest absolute Gasteiger partial charge is 0.503 e. The average molecular weight is 76.0 g/mol. The number of nitrogens with zero attached hydrogens (tertiary/aromatic N) is 1. The monoisotopic (exact) mass is 76.0 g/mol. The maximum atomic E-state index is 8.56. The lowest BCUT2D eigenvalue weighted by Gasteiger charge is -1.60. The van der Waals surface area contributed by atoms with E-state index in [4.69, 9.17) is 15.0 Å². The van der Waals surface area contributed by atoms with Crippen LogP contribution in [0, 0.1) is 0 Å². The zero-order valence-corrected chi connectivity index (χ0v) is 2.25. The summed E-state index contributed by atoms with van der Waals surface area (Å²) in [6.07, 6.45) is -1.83. The normalized spacial score (nSPS) is 4.80. The molecule has 3 radical (unpaired) electrons. The average Bonchev–Trinajstić information content (AvgIpc) is 0.811. The van der Waals surface area contributed by atoms with Crippen LogP contribution in [0.5, 0.6) is 0 Å². The van der Waals surface area contributed by atoms with Gasteiger partial charge in [0.1, 0.15) is 0 Å². The molecule has 0 aliphatic carbocycles. The van der Waals surface area contributed by atoms with Gasteiger partial charge in [-0.05, 0) is 0 Å². The summed E-state index contributed by atoms with van der Waals surface area (Å²) in [5.74, 6) is 0. The van der Waals surface area contributed by atoms with E-state index < -0.39 is 6.16 Å². The lowest BCUT2D eigenvalue weighted by Crippen LogP contribution is -1.81. The van der Waals surface area contributed by atoms with Crippen LogP contribution in [-0.2, 0) is 0 Å². The minimum Gasteiger partial charge on any atom is -0.450 e. The Morgan fingerprint density at radius 3 is 1.40 bits per heavy atom. The smallest absolute Gasteiger partial charge is 0.450 e. The van der Waals surface area contributed by atoms with E-state index in [-0.39, 0.29) is 6.15 Å². The number of hydrogen-bond donors (Lipinski definition) is 2. The maximum absolute atomic E-state index is 8.56. The van der Waals surface area contributed by atoms with Crippen LogP contribution in [0.2, 0.25) is 0 Å². The third kappa shape index (κ3) is 8.24. The van der Waals surface area contributed by atoms with Gasteiger partial charge >= 0.3 is 6.16 Å². The van der Waals surface area contributed by atoms with Crippen LogP contribution >= 0.6 is 0 Å². The highest BCUT2D eigenvalue weighted by atomic mass is 16.6. The van der Waals surface area contributed by atoms with Gasteiger partial charge < -0.3 is 10.2 Å². The van der Waals surface area contributed by atoms with E-state index in [1.165, 1.54) is 0 Å². The number of carbonyl (C=O) groups is 1. The molecule has 0 aromatic heterocycles. The third-order valence-electron chi connectivity index (χ3n) is 0. The van der Waals surface area contributed by atoms with Gasteiger partial charge in [0, 0.05) is 6.15 Å². The molecule has 0 amide bonds. The third-order valence-corrected chi connectivity index (χ3v) is 0. The molecule has 0 spiro atoms. The Morgan fingerprint density at radius 1 is 1.40 bits per heavy atom. The van der Waals surface area contributed by atoms with E-state index in [2.05, 4.69) is 0 Å². The molecule has 0 unspecified atom stereocenters. The molecule has 0 saturated carbocycles. The summed E-state index contributed by atoms with van der Waals surface area (Å²) in [7, 11) is 0. The van der Waals surface area contributed by atoms with Gasteiger partial charge in [0.2, 0.25) is 0 Å². The molecule has 0 aromatic rings.